The van der Waals surface area contributed by atoms with Crippen LogP contribution in [0.1, 0.15) is 19.3 Å². The van der Waals surface area contributed by atoms with Gasteiger partial charge in [0.1, 0.15) is 18.5 Å². The van der Waals surface area contributed by atoms with Crippen LogP contribution in [-0.2, 0) is 4.79 Å². The van der Waals surface area contributed by atoms with Crippen molar-refractivity contribution >= 4 is 18.3 Å². The van der Waals surface area contributed by atoms with E-state index in [0.29, 0.717) is 29.6 Å². The van der Waals surface area contributed by atoms with Crippen molar-refractivity contribution in [1.82, 2.24) is 10.6 Å². The molecule has 25 heavy (non-hydrogen) atoms. The minimum Gasteiger partial charge on any atom is -0.491 e. The minimum atomic E-state index is -0.757. The van der Waals surface area contributed by atoms with Gasteiger partial charge in [0.15, 0.2) is 11.5 Å². The highest BCUT2D eigenvalue weighted by atomic mass is 35.5. The fourth-order valence-corrected chi connectivity index (χ4v) is 2.83. The lowest BCUT2D eigenvalue weighted by molar-refractivity contribution is -0.121. The van der Waals surface area contributed by atoms with E-state index in [1.54, 1.807) is 18.2 Å². The van der Waals surface area contributed by atoms with Gasteiger partial charge in [-0.25, -0.2) is 0 Å². The van der Waals surface area contributed by atoms with Gasteiger partial charge in [0.05, 0.1) is 0 Å². The summed E-state index contributed by atoms with van der Waals surface area (Å²) in [6.45, 7) is 2.55. The van der Waals surface area contributed by atoms with Crippen molar-refractivity contribution in [2.24, 2.45) is 5.92 Å². The van der Waals surface area contributed by atoms with Crippen LogP contribution in [0.5, 0.6) is 17.2 Å². The van der Waals surface area contributed by atoms with Gasteiger partial charge >= 0.3 is 0 Å². The summed E-state index contributed by atoms with van der Waals surface area (Å²) in [6, 6.07) is 5.25. The van der Waals surface area contributed by atoms with Gasteiger partial charge in [-0.2, -0.15) is 0 Å². The zero-order valence-electron chi connectivity index (χ0n) is 14.0. The lowest BCUT2D eigenvalue weighted by Crippen LogP contribution is -2.35. The van der Waals surface area contributed by atoms with E-state index < -0.39 is 6.10 Å². The molecule has 0 spiro atoms. The summed E-state index contributed by atoms with van der Waals surface area (Å²) in [5.74, 6) is 2.49. The molecule has 1 amide bonds. The van der Waals surface area contributed by atoms with E-state index in [1.807, 2.05) is 0 Å². The molecule has 0 radical (unpaired) electrons. The van der Waals surface area contributed by atoms with Gasteiger partial charge < -0.3 is 30.0 Å². The minimum absolute atomic E-state index is 0. The summed E-state index contributed by atoms with van der Waals surface area (Å²) in [4.78, 5) is 11.8. The summed E-state index contributed by atoms with van der Waals surface area (Å²) >= 11 is 0. The Kier molecular flexibility index (Phi) is 7.61. The molecule has 2 heterocycles. The molecule has 140 valence electrons. The zero-order chi connectivity index (χ0) is 16.8. The van der Waals surface area contributed by atoms with Crippen molar-refractivity contribution in [1.29, 1.82) is 0 Å². The van der Waals surface area contributed by atoms with Crippen molar-refractivity contribution < 1.29 is 24.1 Å². The molecule has 2 atom stereocenters. The SMILES string of the molecule is Cl.O=C(CCC1CCNC1)NCC(O)COc1ccc2c(c1)OCO2. The number of carbonyl (C=O) groups is 1. The number of nitrogens with one attached hydrogen (secondary N) is 2. The molecule has 0 bridgehead atoms. The molecule has 1 fully saturated rings. The molecule has 0 saturated carbocycles. The van der Waals surface area contributed by atoms with Crippen LogP contribution in [0.15, 0.2) is 18.2 Å². The standard InChI is InChI=1S/C17H24N2O5.ClH/c20-13(9-19-17(21)4-1-12-5-6-18-8-12)10-22-14-2-3-15-16(7-14)24-11-23-15;/h2-3,7,12-13,18,20H,1,4-6,8-11H2,(H,19,21);1H. The first kappa shape index (κ1) is 19.6. The predicted molar refractivity (Wildman–Crippen MR) is 94.5 cm³/mol. The molecular formula is C17H25ClN2O5. The second kappa shape index (κ2) is 9.70. The number of carbonyl (C=O) groups excluding carboxylic acids is 1. The zero-order valence-corrected chi connectivity index (χ0v) is 14.8. The number of aliphatic hydroxyl groups is 1. The molecule has 1 aromatic carbocycles. The molecular weight excluding hydrogens is 348 g/mol. The van der Waals surface area contributed by atoms with E-state index >= 15 is 0 Å². The molecule has 2 aliphatic heterocycles. The summed E-state index contributed by atoms with van der Waals surface area (Å²) in [5, 5.41) is 16.0. The number of aliphatic hydroxyl groups excluding tert-OH is 1. The smallest absolute Gasteiger partial charge is 0.231 e. The molecule has 2 unspecified atom stereocenters. The molecule has 0 aromatic heterocycles. The van der Waals surface area contributed by atoms with Crippen molar-refractivity contribution in [2.45, 2.75) is 25.4 Å². The van der Waals surface area contributed by atoms with Crippen LogP contribution < -0.4 is 24.8 Å². The Morgan fingerprint density at radius 1 is 1.40 bits per heavy atom. The van der Waals surface area contributed by atoms with Crippen molar-refractivity contribution in [3.8, 4) is 17.2 Å². The monoisotopic (exact) mass is 372 g/mol. The fraction of sp³-hybridized carbons (Fsp3) is 0.588. The van der Waals surface area contributed by atoms with Crippen molar-refractivity contribution in [3.63, 3.8) is 0 Å². The van der Waals surface area contributed by atoms with Crippen LogP contribution in [-0.4, -0.2) is 50.2 Å². The van der Waals surface area contributed by atoms with Gasteiger partial charge in [-0.3, -0.25) is 4.79 Å². The second-order valence-corrected chi connectivity index (χ2v) is 6.18. The lowest BCUT2D eigenvalue weighted by Gasteiger charge is -2.14. The number of hydrogen-bond acceptors (Lipinski definition) is 6. The average molecular weight is 373 g/mol. The van der Waals surface area contributed by atoms with Gasteiger partial charge in [0.25, 0.3) is 0 Å². The van der Waals surface area contributed by atoms with Gasteiger partial charge in [-0.1, -0.05) is 0 Å². The molecule has 1 aromatic rings. The van der Waals surface area contributed by atoms with E-state index in [9.17, 15) is 9.90 Å². The Balaban J connectivity index is 0.00000225. The summed E-state index contributed by atoms with van der Waals surface area (Å²) in [5.41, 5.74) is 0. The summed E-state index contributed by atoms with van der Waals surface area (Å²) in [7, 11) is 0. The largest absolute Gasteiger partial charge is 0.491 e. The van der Waals surface area contributed by atoms with Gasteiger partial charge in [-0.05, 0) is 44.0 Å². The molecule has 3 rings (SSSR count). The predicted octanol–water partition coefficient (Wildman–Crippen LogP) is 1.08. The van der Waals surface area contributed by atoms with Crippen molar-refractivity contribution in [2.75, 3.05) is 33.0 Å². The average Bonchev–Trinajstić information content (AvgIpc) is 3.26. The number of ether oxygens (including phenoxy) is 3. The van der Waals surface area contributed by atoms with Crippen LogP contribution in [0.4, 0.5) is 0 Å². The molecule has 8 heteroatoms. The van der Waals surface area contributed by atoms with Crippen LogP contribution in [0.2, 0.25) is 0 Å². The highest BCUT2D eigenvalue weighted by Crippen LogP contribution is 2.35. The normalized spacial score (nSPS) is 19.2. The Labute approximate surface area is 153 Å². The number of amides is 1. The Bertz CT molecular complexity index is 566. The Morgan fingerprint density at radius 3 is 3.04 bits per heavy atom. The Morgan fingerprint density at radius 2 is 2.24 bits per heavy atom. The Hall–Kier alpha value is -1.70. The van der Waals surface area contributed by atoms with E-state index in [1.165, 1.54) is 0 Å². The number of fused-ring (bicyclic) bond motifs is 1. The highest BCUT2D eigenvalue weighted by molar-refractivity contribution is 5.85. The molecule has 3 N–H and O–H groups in total. The van der Waals surface area contributed by atoms with E-state index in [-0.39, 0.29) is 38.3 Å². The third-order valence-electron chi connectivity index (χ3n) is 4.26. The third-order valence-corrected chi connectivity index (χ3v) is 4.26. The summed E-state index contributed by atoms with van der Waals surface area (Å²) in [6.07, 6.45) is 1.77. The van der Waals surface area contributed by atoms with Gasteiger partial charge in [0, 0.05) is 19.0 Å². The maximum absolute atomic E-state index is 11.8. The number of rotatable bonds is 8. The van der Waals surface area contributed by atoms with Crippen LogP contribution >= 0.6 is 12.4 Å². The molecule has 2 aliphatic rings. The highest BCUT2D eigenvalue weighted by Gasteiger charge is 2.17. The molecule has 1 saturated heterocycles. The van der Waals surface area contributed by atoms with Crippen LogP contribution in [0.25, 0.3) is 0 Å². The number of hydrogen-bond donors (Lipinski definition) is 3. The first-order valence-corrected chi connectivity index (χ1v) is 8.38. The summed E-state index contributed by atoms with van der Waals surface area (Å²) < 4.78 is 16.0. The maximum atomic E-state index is 11.8. The maximum Gasteiger partial charge on any atom is 0.231 e. The van der Waals surface area contributed by atoms with Gasteiger partial charge in [0.2, 0.25) is 12.7 Å². The topological polar surface area (TPSA) is 89.1 Å². The second-order valence-electron chi connectivity index (χ2n) is 6.18. The number of benzene rings is 1. The first-order chi connectivity index (χ1) is 11.7. The van der Waals surface area contributed by atoms with Crippen LogP contribution in [0.3, 0.4) is 0 Å². The lowest BCUT2D eigenvalue weighted by atomic mass is 10.0. The van der Waals surface area contributed by atoms with E-state index in [0.717, 1.165) is 25.9 Å². The van der Waals surface area contributed by atoms with Gasteiger partial charge in [-0.15, -0.1) is 12.4 Å². The fourth-order valence-electron chi connectivity index (χ4n) is 2.83. The molecule has 7 nitrogen and oxygen atoms in total. The number of halogens is 1. The molecule has 0 aliphatic carbocycles. The van der Waals surface area contributed by atoms with E-state index in [2.05, 4.69) is 10.6 Å². The third kappa shape index (κ3) is 5.95. The van der Waals surface area contributed by atoms with Crippen molar-refractivity contribution in [3.05, 3.63) is 18.2 Å². The van der Waals surface area contributed by atoms with E-state index in [4.69, 9.17) is 14.2 Å². The van der Waals surface area contributed by atoms with Crippen LogP contribution in [0, 0.1) is 5.92 Å². The first-order valence-electron chi connectivity index (χ1n) is 8.38. The quantitative estimate of drug-likeness (QED) is 0.633.